The number of benzene rings is 1. The number of hydrogen-bond donors (Lipinski definition) is 2. The molecule has 1 aromatic carbocycles. The first kappa shape index (κ1) is 20.2. The summed E-state index contributed by atoms with van der Waals surface area (Å²) in [5.41, 5.74) is 2.13. The van der Waals surface area contributed by atoms with E-state index in [1.807, 2.05) is 0 Å². The van der Waals surface area contributed by atoms with E-state index in [-0.39, 0.29) is 42.0 Å². The molecule has 0 aliphatic carbocycles. The van der Waals surface area contributed by atoms with Crippen LogP contribution >= 0.6 is 0 Å². The van der Waals surface area contributed by atoms with Crippen molar-refractivity contribution in [2.45, 2.75) is 44.9 Å². The van der Waals surface area contributed by atoms with Crippen LogP contribution in [0, 0.1) is 5.82 Å². The average molecular weight is 451 g/mol. The van der Waals surface area contributed by atoms with Crippen molar-refractivity contribution < 1.29 is 23.8 Å². The lowest BCUT2D eigenvalue weighted by Gasteiger charge is -2.31. The summed E-state index contributed by atoms with van der Waals surface area (Å²) in [5, 5.41) is 15.1. The highest BCUT2D eigenvalue weighted by molar-refractivity contribution is 6.00. The Bertz CT molecular complexity index is 1450. The number of anilines is 1. The summed E-state index contributed by atoms with van der Waals surface area (Å²) >= 11 is 0. The molecule has 8 nitrogen and oxygen atoms in total. The maximum atomic E-state index is 14.8. The summed E-state index contributed by atoms with van der Waals surface area (Å²) in [4.78, 5) is 30.5. The van der Waals surface area contributed by atoms with Crippen LogP contribution in [0.4, 0.5) is 10.1 Å². The van der Waals surface area contributed by atoms with Crippen molar-refractivity contribution in [1.29, 1.82) is 0 Å². The minimum atomic E-state index is -1.89. The molecule has 3 aromatic rings. The molecule has 3 aliphatic rings. The fourth-order valence-corrected chi connectivity index (χ4v) is 5.36. The number of aryl methyl sites for hydroxylation is 1. The molecule has 0 unspecified atom stereocenters. The maximum absolute atomic E-state index is 14.8. The van der Waals surface area contributed by atoms with Crippen molar-refractivity contribution in [3.05, 3.63) is 50.6 Å². The van der Waals surface area contributed by atoms with Gasteiger partial charge in [-0.15, -0.1) is 0 Å². The molecule has 0 spiro atoms. The van der Waals surface area contributed by atoms with Crippen LogP contribution in [0.15, 0.2) is 16.9 Å². The number of esters is 1. The highest BCUT2D eigenvalue weighted by atomic mass is 19.1. The van der Waals surface area contributed by atoms with Crippen LogP contribution in [0.2, 0.25) is 0 Å². The number of carbonyl (C=O) groups is 1. The first-order valence-electron chi connectivity index (χ1n) is 11.0. The number of carbonyl (C=O) groups excluding carboxylic acids is 1. The summed E-state index contributed by atoms with van der Waals surface area (Å²) in [6.07, 6.45) is 1.52. The molecular weight excluding hydrogens is 429 g/mol. The second-order valence-electron chi connectivity index (χ2n) is 8.68. The Labute approximate surface area is 188 Å². The zero-order chi connectivity index (χ0) is 23.1. The van der Waals surface area contributed by atoms with Crippen LogP contribution in [-0.2, 0) is 34.7 Å². The Morgan fingerprint density at radius 3 is 2.82 bits per heavy atom. The normalized spacial score (nSPS) is 20.4. The molecule has 0 saturated heterocycles. The van der Waals surface area contributed by atoms with Crippen LogP contribution in [0.25, 0.3) is 22.3 Å². The van der Waals surface area contributed by atoms with Crippen molar-refractivity contribution in [2.75, 3.05) is 19.0 Å². The van der Waals surface area contributed by atoms with Gasteiger partial charge in [-0.05, 0) is 25.3 Å². The number of aliphatic hydroxyl groups is 1. The molecule has 3 aliphatic heterocycles. The zero-order valence-corrected chi connectivity index (χ0v) is 18.2. The molecule has 5 heterocycles. The molecule has 0 fully saturated rings. The number of rotatable bonds is 2. The first-order valence-corrected chi connectivity index (χ1v) is 11.0. The third kappa shape index (κ3) is 2.51. The van der Waals surface area contributed by atoms with Crippen LogP contribution in [0.5, 0.6) is 5.75 Å². The van der Waals surface area contributed by atoms with Crippen molar-refractivity contribution in [3.63, 3.8) is 0 Å². The van der Waals surface area contributed by atoms with Gasteiger partial charge in [0.25, 0.3) is 5.56 Å². The minimum Gasteiger partial charge on any atom is -0.490 e. The Hall–Kier alpha value is -3.46. The second-order valence-corrected chi connectivity index (χ2v) is 8.68. The Balaban J connectivity index is 1.67. The fourth-order valence-electron chi connectivity index (χ4n) is 5.36. The van der Waals surface area contributed by atoms with Crippen LogP contribution < -0.4 is 15.6 Å². The summed E-state index contributed by atoms with van der Waals surface area (Å²) in [6, 6.07) is 3.02. The van der Waals surface area contributed by atoms with E-state index in [0.717, 1.165) is 28.6 Å². The molecule has 2 N–H and O–H groups in total. The third-order valence-electron chi connectivity index (χ3n) is 7.05. The number of pyridine rings is 2. The Morgan fingerprint density at radius 1 is 1.24 bits per heavy atom. The summed E-state index contributed by atoms with van der Waals surface area (Å²) < 4.78 is 27.2. The van der Waals surface area contributed by atoms with Crippen molar-refractivity contribution in [2.24, 2.45) is 0 Å². The molecule has 0 radical (unpaired) electrons. The predicted molar refractivity (Wildman–Crippen MR) is 118 cm³/mol. The number of nitrogens with zero attached hydrogens (tertiary/aromatic N) is 2. The monoisotopic (exact) mass is 451 g/mol. The molecule has 9 heteroatoms. The van der Waals surface area contributed by atoms with E-state index in [0.29, 0.717) is 29.9 Å². The van der Waals surface area contributed by atoms with Gasteiger partial charge in [-0.1, -0.05) is 6.92 Å². The molecule has 0 saturated carbocycles. The van der Waals surface area contributed by atoms with Gasteiger partial charge in [0.2, 0.25) is 0 Å². The van der Waals surface area contributed by atoms with E-state index in [4.69, 9.17) is 14.5 Å². The number of halogens is 1. The molecule has 2 aromatic heterocycles. The van der Waals surface area contributed by atoms with Gasteiger partial charge in [-0.25, -0.2) is 14.2 Å². The van der Waals surface area contributed by atoms with Crippen molar-refractivity contribution in [1.82, 2.24) is 9.55 Å². The van der Waals surface area contributed by atoms with Gasteiger partial charge < -0.3 is 24.5 Å². The van der Waals surface area contributed by atoms with Crippen LogP contribution in [0.3, 0.4) is 0 Å². The van der Waals surface area contributed by atoms with Crippen LogP contribution in [-0.4, -0.2) is 34.3 Å². The first-order chi connectivity index (χ1) is 15.9. The Morgan fingerprint density at radius 2 is 2.06 bits per heavy atom. The van der Waals surface area contributed by atoms with Crippen molar-refractivity contribution >= 4 is 22.6 Å². The smallest absolute Gasteiger partial charge is 0.343 e. The topological polar surface area (TPSA) is 103 Å². The largest absolute Gasteiger partial charge is 0.490 e. The molecule has 170 valence electrons. The highest BCUT2D eigenvalue weighted by Crippen LogP contribution is 2.45. The number of aromatic nitrogens is 2. The lowest BCUT2D eigenvalue weighted by Crippen LogP contribution is -2.44. The number of nitrogens with one attached hydrogen (secondary N) is 1. The summed E-state index contributed by atoms with van der Waals surface area (Å²) in [7, 11) is 1.79. The summed E-state index contributed by atoms with van der Waals surface area (Å²) in [6.45, 7) is 2.21. The van der Waals surface area contributed by atoms with Crippen molar-refractivity contribution in [3.8, 4) is 17.1 Å². The van der Waals surface area contributed by atoms with Crippen LogP contribution in [0.1, 0.15) is 42.0 Å². The molecule has 0 bridgehead atoms. The van der Waals surface area contributed by atoms with E-state index in [1.165, 1.54) is 6.07 Å². The molecular formula is C24H22FN3O5. The van der Waals surface area contributed by atoms with Gasteiger partial charge in [0.1, 0.15) is 6.61 Å². The lowest BCUT2D eigenvalue weighted by atomic mass is 9.86. The van der Waals surface area contributed by atoms with E-state index >= 15 is 0 Å². The average Bonchev–Trinajstić information content (AvgIpc) is 3.19. The van der Waals surface area contributed by atoms with E-state index < -0.39 is 17.4 Å². The molecule has 0 amide bonds. The number of fused-ring (bicyclic) bond motifs is 7. The van der Waals surface area contributed by atoms with Gasteiger partial charge in [-0.2, -0.15) is 0 Å². The third-order valence-corrected chi connectivity index (χ3v) is 7.05. The van der Waals surface area contributed by atoms with Gasteiger partial charge >= 0.3 is 5.97 Å². The molecule has 1 atom stereocenters. The Kier molecular flexibility index (Phi) is 4.14. The van der Waals surface area contributed by atoms with Gasteiger partial charge in [0.15, 0.2) is 17.2 Å². The number of cyclic esters (lactones) is 1. The van der Waals surface area contributed by atoms with Gasteiger partial charge in [-0.3, -0.25) is 4.79 Å². The fraction of sp³-hybridized carbons (Fsp3) is 0.375. The highest BCUT2D eigenvalue weighted by Gasteiger charge is 2.45. The quantitative estimate of drug-likeness (QED) is 0.452. The second kappa shape index (κ2) is 6.77. The number of hydrogen-bond acceptors (Lipinski definition) is 7. The maximum Gasteiger partial charge on any atom is 0.343 e. The van der Waals surface area contributed by atoms with E-state index in [2.05, 4.69) is 5.32 Å². The number of ether oxygens (including phenoxy) is 2. The summed E-state index contributed by atoms with van der Waals surface area (Å²) in [5.74, 6) is -0.967. The molecule has 33 heavy (non-hydrogen) atoms. The SMILES string of the molecule is CC[C@@]1(O)C(=O)OCc2c1cc1n(c2=O)Cc2c-1nc1cc(F)c3c(c1c2NC)CCCO3. The minimum absolute atomic E-state index is 0.0683. The standard InChI is InChI=1S/C24H22FN3O5/c1-3-24(31)14-7-17-19-12(9-28(17)22(29)13(14)10-33-23(24)30)20(26-2)18-11-5-4-6-32-21(11)15(25)8-16(18)27-19/h7-8,31H,3-6,9-10H2,1-2H3,(H,26,27)/t24-/m0/s1. The van der Waals surface area contributed by atoms with Gasteiger partial charge in [0, 0.05) is 35.2 Å². The predicted octanol–water partition coefficient (Wildman–Crippen LogP) is 2.59. The zero-order valence-electron chi connectivity index (χ0n) is 18.2. The van der Waals surface area contributed by atoms with E-state index in [9.17, 15) is 19.1 Å². The molecule has 6 rings (SSSR count). The lowest BCUT2D eigenvalue weighted by molar-refractivity contribution is -0.172. The van der Waals surface area contributed by atoms with E-state index in [1.54, 1.807) is 24.6 Å². The van der Waals surface area contributed by atoms with Gasteiger partial charge in [0.05, 0.1) is 41.3 Å².